The average Bonchev–Trinajstić information content (AvgIpc) is 2.60. The highest BCUT2D eigenvalue weighted by atomic mass is 16.6. The molecule has 3 aromatic rings. The van der Waals surface area contributed by atoms with E-state index in [9.17, 15) is 10.1 Å². The highest BCUT2D eigenvalue weighted by molar-refractivity contribution is 5.96. The van der Waals surface area contributed by atoms with Crippen LogP contribution in [-0.2, 0) is 0 Å². The number of nitrogens with zero attached hydrogens (tertiary/aromatic N) is 1. The fourth-order valence-corrected chi connectivity index (χ4v) is 2.51. The van der Waals surface area contributed by atoms with Crippen LogP contribution < -0.4 is 4.74 Å². The normalized spacial score (nSPS) is 11.0. The van der Waals surface area contributed by atoms with Crippen molar-refractivity contribution in [1.82, 2.24) is 0 Å². The van der Waals surface area contributed by atoms with E-state index in [2.05, 4.69) is 0 Å². The lowest BCUT2D eigenvalue weighted by atomic mass is 10.0. The molecule has 0 aliphatic heterocycles. The van der Waals surface area contributed by atoms with Crippen molar-refractivity contribution >= 4 is 28.6 Å². The predicted molar refractivity (Wildman–Crippen MR) is 92.5 cm³/mol. The minimum atomic E-state index is -0.398. The Kier molecular flexibility index (Phi) is 4.06. The number of hydrogen-bond acceptors (Lipinski definition) is 3. The minimum Gasteiger partial charge on any atom is -0.496 e. The molecule has 4 heteroatoms. The van der Waals surface area contributed by atoms with Crippen LogP contribution in [0.1, 0.15) is 11.1 Å². The second-order valence-corrected chi connectivity index (χ2v) is 5.08. The zero-order chi connectivity index (χ0) is 16.2. The second kappa shape index (κ2) is 6.32. The number of fused-ring (bicyclic) bond motifs is 1. The maximum absolute atomic E-state index is 10.7. The number of nitro benzene ring substituents is 1. The molecule has 0 spiro atoms. The van der Waals surface area contributed by atoms with Crippen molar-refractivity contribution in [3.8, 4) is 5.75 Å². The minimum absolute atomic E-state index is 0.0945. The zero-order valence-electron chi connectivity index (χ0n) is 12.6. The summed E-state index contributed by atoms with van der Waals surface area (Å²) in [7, 11) is 1.66. The Bertz CT molecular complexity index is 883. The van der Waals surface area contributed by atoms with Crippen LogP contribution in [-0.4, -0.2) is 12.0 Å². The molecule has 4 nitrogen and oxygen atoms in total. The summed E-state index contributed by atoms with van der Waals surface area (Å²) in [6, 6.07) is 18.5. The summed E-state index contributed by atoms with van der Waals surface area (Å²) in [5, 5.41) is 12.8. The van der Waals surface area contributed by atoms with E-state index in [1.807, 2.05) is 48.6 Å². The fraction of sp³-hybridized carbons (Fsp3) is 0.0526. The molecule has 0 radical (unpaired) electrons. The van der Waals surface area contributed by atoms with E-state index in [1.54, 1.807) is 19.2 Å². The van der Waals surface area contributed by atoms with E-state index < -0.39 is 4.92 Å². The molecule has 3 aromatic carbocycles. The number of benzene rings is 3. The van der Waals surface area contributed by atoms with Crippen molar-refractivity contribution in [2.45, 2.75) is 0 Å². The van der Waals surface area contributed by atoms with Gasteiger partial charge in [-0.2, -0.15) is 0 Å². The molecule has 0 aliphatic carbocycles. The van der Waals surface area contributed by atoms with Crippen molar-refractivity contribution < 1.29 is 9.66 Å². The molecular weight excluding hydrogens is 290 g/mol. The summed E-state index contributed by atoms with van der Waals surface area (Å²) in [4.78, 5) is 10.3. The van der Waals surface area contributed by atoms with Crippen LogP contribution in [0.25, 0.3) is 22.9 Å². The molecule has 0 unspecified atom stereocenters. The van der Waals surface area contributed by atoms with Crippen molar-refractivity contribution in [2.75, 3.05) is 7.11 Å². The second-order valence-electron chi connectivity index (χ2n) is 5.08. The van der Waals surface area contributed by atoms with E-state index in [4.69, 9.17) is 4.74 Å². The van der Waals surface area contributed by atoms with Crippen LogP contribution in [0.5, 0.6) is 5.75 Å². The van der Waals surface area contributed by atoms with Gasteiger partial charge in [-0.25, -0.2) is 0 Å². The molecule has 114 valence electrons. The molecule has 23 heavy (non-hydrogen) atoms. The van der Waals surface area contributed by atoms with Crippen molar-refractivity contribution in [1.29, 1.82) is 0 Å². The molecule has 0 bridgehead atoms. The summed E-state index contributed by atoms with van der Waals surface area (Å²) in [5.74, 6) is 0.841. The van der Waals surface area contributed by atoms with E-state index in [1.165, 1.54) is 12.1 Å². The lowest BCUT2D eigenvalue weighted by Gasteiger charge is -2.07. The quantitative estimate of drug-likeness (QED) is 0.390. The predicted octanol–water partition coefficient (Wildman–Crippen LogP) is 4.93. The van der Waals surface area contributed by atoms with Crippen LogP contribution in [0.4, 0.5) is 5.69 Å². The third-order valence-electron chi connectivity index (χ3n) is 3.70. The van der Waals surface area contributed by atoms with Crippen molar-refractivity contribution in [3.05, 3.63) is 81.9 Å². The Labute approximate surface area is 133 Å². The Morgan fingerprint density at radius 3 is 2.26 bits per heavy atom. The van der Waals surface area contributed by atoms with Crippen LogP contribution in [0.3, 0.4) is 0 Å². The maximum Gasteiger partial charge on any atom is 0.269 e. The molecule has 0 aromatic heterocycles. The summed E-state index contributed by atoms with van der Waals surface area (Å²) in [6.45, 7) is 0. The van der Waals surface area contributed by atoms with Crippen LogP contribution >= 0.6 is 0 Å². The Morgan fingerprint density at radius 2 is 1.61 bits per heavy atom. The number of hydrogen-bond donors (Lipinski definition) is 0. The lowest BCUT2D eigenvalue weighted by Crippen LogP contribution is -1.87. The lowest BCUT2D eigenvalue weighted by molar-refractivity contribution is -0.384. The van der Waals surface area contributed by atoms with Gasteiger partial charge in [0, 0.05) is 17.5 Å². The smallest absolute Gasteiger partial charge is 0.269 e. The SMILES string of the molecule is COc1ccc(/C=C/c2ccc([N+](=O)[O-])cc2)c2ccccc12. The zero-order valence-corrected chi connectivity index (χ0v) is 12.6. The number of methoxy groups -OCH3 is 1. The monoisotopic (exact) mass is 305 g/mol. The van der Waals surface area contributed by atoms with Gasteiger partial charge in [0.2, 0.25) is 0 Å². The van der Waals surface area contributed by atoms with Crippen LogP contribution in [0.15, 0.2) is 60.7 Å². The topological polar surface area (TPSA) is 52.4 Å². The van der Waals surface area contributed by atoms with Gasteiger partial charge in [-0.15, -0.1) is 0 Å². The molecule has 0 amide bonds. The molecule has 3 rings (SSSR count). The van der Waals surface area contributed by atoms with Gasteiger partial charge in [0.25, 0.3) is 5.69 Å². The highest BCUT2D eigenvalue weighted by Crippen LogP contribution is 2.29. The van der Waals surface area contributed by atoms with E-state index in [0.29, 0.717) is 0 Å². The van der Waals surface area contributed by atoms with Gasteiger partial charge in [0.05, 0.1) is 12.0 Å². The summed E-state index contributed by atoms with van der Waals surface area (Å²) in [6.07, 6.45) is 3.95. The number of rotatable bonds is 4. The van der Waals surface area contributed by atoms with E-state index in [-0.39, 0.29) is 5.69 Å². The number of ether oxygens (including phenoxy) is 1. The van der Waals surface area contributed by atoms with Gasteiger partial charge in [0.15, 0.2) is 0 Å². The largest absolute Gasteiger partial charge is 0.496 e. The molecule has 0 atom stereocenters. The molecule has 0 saturated carbocycles. The van der Waals surface area contributed by atoms with E-state index in [0.717, 1.165) is 27.6 Å². The average molecular weight is 305 g/mol. The van der Waals surface area contributed by atoms with Crippen molar-refractivity contribution in [2.24, 2.45) is 0 Å². The standard InChI is InChI=1S/C19H15NO3/c1-23-19-13-10-15(17-4-2-3-5-18(17)19)9-6-14-7-11-16(12-8-14)20(21)22/h2-13H,1H3/b9-6+. The molecule has 0 aliphatic rings. The summed E-state index contributed by atoms with van der Waals surface area (Å²) < 4.78 is 5.39. The van der Waals surface area contributed by atoms with Crippen LogP contribution in [0.2, 0.25) is 0 Å². The first-order chi connectivity index (χ1) is 11.2. The summed E-state index contributed by atoms with van der Waals surface area (Å²) >= 11 is 0. The molecule has 0 fully saturated rings. The van der Waals surface area contributed by atoms with Gasteiger partial charge < -0.3 is 4.74 Å². The number of non-ortho nitro benzene ring substituents is 1. The Balaban J connectivity index is 1.96. The highest BCUT2D eigenvalue weighted by Gasteiger charge is 2.05. The fourth-order valence-electron chi connectivity index (χ4n) is 2.51. The summed E-state index contributed by atoms with van der Waals surface area (Å²) in [5.41, 5.74) is 2.08. The first-order valence-corrected chi connectivity index (χ1v) is 7.17. The van der Waals surface area contributed by atoms with Gasteiger partial charge in [0.1, 0.15) is 5.75 Å². The molecule has 0 heterocycles. The molecule has 0 N–H and O–H groups in total. The number of nitro groups is 1. The van der Waals surface area contributed by atoms with Gasteiger partial charge in [-0.1, -0.05) is 42.5 Å². The first kappa shape index (κ1) is 14.8. The Hall–Kier alpha value is -3.14. The third kappa shape index (κ3) is 3.06. The van der Waals surface area contributed by atoms with Gasteiger partial charge >= 0.3 is 0 Å². The van der Waals surface area contributed by atoms with Gasteiger partial charge in [-0.05, 0) is 34.7 Å². The van der Waals surface area contributed by atoms with E-state index >= 15 is 0 Å². The molecule has 0 saturated heterocycles. The first-order valence-electron chi connectivity index (χ1n) is 7.17. The molecular formula is C19H15NO3. The van der Waals surface area contributed by atoms with Crippen LogP contribution in [0, 0.1) is 10.1 Å². The maximum atomic E-state index is 10.7. The third-order valence-corrected chi connectivity index (χ3v) is 3.70. The Morgan fingerprint density at radius 1 is 0.913 bits per heavy atom. The van der Waals surface area contributed by atoms with Gasteiger partial charge in [-0.3, -0.25) is 10.1 Å². The van der Waals surface area contributed by atoms with Crippen molar-refractivity contribution in [3.63, 3.8) is 0 Å².